The molecular formula is C20H24N4O2S. The van der Waals surface area contributed by atoms with Crippen LogP contribution in [0.4, 0.5) is 5.69 Å². The molecule has 2 heterocycles. The van der Waals surface area contributed by atoms with E-state index in [1.165, 1.54) is 11.8 Å². The molecule has 0 saturated carbocycles. The molecule has 1 saturated heterocycles. The molecule has 3 rings (SSSR count). The Morgan fingerprint density at radius 3 is 2.37 bits per heavy atom. The predicted octanol–water partition coefficient (Wildman–Crippen LogP) is 2.22. The lowest BCUT2D eigenvalue weighted by atomic mass is 10.1. The Balaban J connectivity index is 1.64. The van der Waals surface area contributed by atoms with Gasteiger partial charge in [-0.3, -0.25) is 14.6 Å². The predicted molar refractivity (Wildman–Crippen MR) is 108 cm³/mol. The third kappa shape index (κ3) is 4.80. The largest absolute Gasteiger partial charge is 0.368 e. The van der Waals surface area contributed by atoms with Crippen LogP contribution < -0.4 is 4.90 Å². The van der Waals surface area contributed by atoms with Gasteiger partial charge in [0.2, 0.25) is 5.91 Å². The summed E-state index contributed by atoms with van der Waals surface area (Å²) >= 11 is 1.42. The summed E-state index contributed by atoms with van der Waals surface area (Å²) in [4.78, 5) is 35.5. The summed E-state index contributed by atoms with van der Waals surface area (Å²) < 4.78 is 0. The van der Waals surface area contributed by atoms with Crippen LogP contribution >= 0.6 is 11.8 Å². The number of anilines is 1. The molecule has 2 aromatic rings. The molecule has 1 fully saturated rings. The summed E-state index contributed by atoms with van der Waals surface area (Å²) in [5.74, 6) is 0.394. The van der Waals surface area contributed by atoms with Crippen molar-refractivity contribution >= 4 is 29.3 Å². The first-order chi connectivity index (χ1) is 13.1. The normalized spacial score (nSPS) is 14.1. The number of amides is 2. The van der Waals surface area contributed by atoms with Crippen LogP contribution in [0, 0.1) is 0 Å². The van der Waals surface area contributed by atoms with Crippen LogP contribution in [-0.4, -0.2) is 72.6 Å². The number of rotatable bonds is 5. The van der Waals surface area contributed by atoms with Gasteiger partial charge in [-0.1, -0.05) is 12.1 Å². The van der Waals surface area contributed by atoms with Gasteiger partial charge >= 0.3 is 0 Å². The molecule has 0 aliphatic carbocycles. The van der Waals surface area contributed by atoms with Gasteiger partial charge in [0.1, 0.15) is 0 Å². The van der Waals surface area contributed by atoms with E-state index < -0.39 is 0 Å². The van der Waals surface area contributed by atoms with Gasteiger partial charge in [-0.2, -0.15) is 0 Å². The second kappa shape index (κ2) is 8.90. The van der Waals surface area contributed by atoms with Crippen molar-refractivity contribution in [2.75, 3.05) is 50.9 Å². The molecule has 1 aromatic carbocycles. The minimum atomic E-state index is 0.0322. The van der Waals surface area contributed by atoms with E-state index in [-0.39, 0.29) is 11.8 Å². The highest BCUT2D eigenvalue weighted by Gasteiger charge is 2.24. The standard InChI is InChI=1S/C20H24N4O2S/c1-22(2)19(25)15-27-18-6-4-3-5-17(18)20(26)24-13-11-23(12-14-24)16-7-9-21-10-8-16/h3-10H,11-15H2,1-2H3. The van der Waals surface area contributed by atoms with Crippen molar-refractivity contribution in [3.63, 3.8) is 0 Å². The summed E-state index contributed by atoms with van der Waals surface area (Å²) in [6, 6.07) is 11.5. The number of aromatic nitrogens is 1. The zero-order chi connectivity index (χ0) is 19.2. The number of pyridine rings is 1. The molecule has 142 valence electrons. The molecular weight excluding hydrogens is 360 g/mol. The van der Waals surface area contributed by atoms with Gasteiger partial charge in [0, 0.05) is 63.3 Å². The van der Waals surface area contributed by atoms with E-state index in [2.05, 4.69) is 9.88 Å². The number of nitrogens with zero attached hydrogens (tertiary/aromatic N) is 4. The van der Waals surface area contributed by atoms with Crippen LogP contribution in [0.5, 0.6) is 0 Å². The number of carbonyl (C=O) groups is 2. The first-order valence-corrected chi connectivity index (χ1v) is 9.91. The van der Waals surface area contributed by atoms with E-state index in [0.29, 0.717) is 24.4 Å². The molecule has 0 atom stereocenters. The average Bonchev–Trinajstić information content (AvgIpc) is 2.72. The number of hydrogen-bond acceptors (Lipinski definition) is 5. The lowest BCUT2D eigenvalue weighted by molar-refractivity contribution is -0.125. The highest BCUT2D eigenvalue weighted by molar-refractivity contribution is 8.00. The SMILES string of the molecule is CN(C)C(=O)CSc1ccccc1C(=O)N1CCN(c2ccncc2)CC1. The van der Waals surface area contributed by atoms with Crippen molar-refractivity contribution in [2.24, 2.45) is 0 Å². The van der Waals surface area contributed by atoms with Gasteiger partial charge in [0.15, 0.2) is 0 Å². The van der Waals surface area contributed by atoms with E-state index in [1.807, 2.05) is 41.3 Å². The monoisotopic (exact) mass is 384 g/mol. The first-order valence-electron chi connectivity index (χ1n) is 8.92. The second-order valence-corrected chi connectivity index (χ2v) is 7.57. The third-order valence-corrected chi connectivity index (χ3v) is 5.62. The van der Waals surface area contributed by atoms with Crippen LogP contribution in [0.1, 0.15) is 10.4 Å². The minimum absolute atomic E-state index is 0.0322. The fraction of sp³-hybridized carbons (Fsp3) is 0.350. The number of benzene rings is 1. The van der Waals surface area contributed by atoms with Crippen molar-refractivity contribution in [3.05, 3.63) is 54.4 Å². The Morgan fingerprint density at radius 1 is 1.04 bits per heavy atom. The molecule has 0 spiro atoms. The van der Waals surface area contributed by atoms with E-state index in [0.717, 1.165) is 23.7 Å². The Labute approximate surface area is 164 Å². The quantitative estimate of drug-likeness (QED) is 0.740. The Bertz CT molecular complexity index is 790. The summed E-state index contributed by atoms with van der Waals surface area (Å²) in [5, 5.41) is 0. The zero-order valence-corrected chi connectivity index (χ0v) is 16.5. The van der Waals surface area contributed by atoms with Gasteiger partial charge in [-0.05, 0) is 24.3 Å². The Kier molecular flexibility index (Phi) is 6.34. The molecule has 0 N–H and O–H groups in total. The summed E-state index contributed by atoms with van der Waals surface area (Å²) in [6.45, 7) is 2.95. The fourth-order valence-corrected chi connectivity index (χ4v) is 3.95. The van der Waals surface area contributed by atoms with Gasteiger partial charge in [0.25, 0.3) is 5.91 Å². The third-order valence-electron chi connectivity index (χ3n) is 4.56. The zero-order valence-electron chi connectivity index (χ0n) is 15.7. The van der Waals surface area contributed by atoms with Gasteiger partial charge in [-0.25, -0.2) is 0 Å². The molecule has 0 bridgehead atoms. The number of piperazine rings is 1. The lowest BCUT2D eigenvalue weighted by Crippen LogP contribution is -2.48. The van der Waals surface area contributed by atoms with Crippen molar-refractivity contribution < 1.29 is 9.59 Å². The smallest absolute Gasteiger partial charge is 0.255 e. The fourth-order valence-electron chi connectivity index (χ4n) is 2.93. The van der Waals surface area contributed by atoms with E-state index in [1.54, 1.807) is 31.4 Å². The van der Waals surface area contributed by atoms with Crippen molar-refractivity contribution in [1.29, 1.82) is 0 Å². The molecule has 0 radical (unpaired) electrons. The second-order valence-electron chi connectivity index (χ2n) is 6.56. The average molecular weight is 385 g/mol. The van der Waals surface area contributed by atoms with Crippen LogP contribution in [0.25, 0.3) is 0 Å². The molecule has 2 amide bonds. The van der Waals surface area contributed by atoms with E-state index >= 15 is 0 Å². The molecule has 0 unspecified atom stereocenters. The van der Waals surface area contributed by atoms with Crippen LogP contribution in [0.2, 0.25) is 0 Å². The van der Waals surface area contributed by atoms with Crippen LogP contribution in [0.15, 0.2) is 53.7 Å². The van der Waals surface area contributed by atoms with Gasteiger partial charge < -0.3 is 14.7 Å². The summed E-state index contributed by atoms with van der Waals surface area (Å²) in [5.41, 5.74) is 1.81. The highest BCUT2D eigenvalue weighted by Crippen LogP contribution is 2.25. The van der Waals surface area contributed by atoms with Crippen molar-refractivity contribution in [1.82, 2.24) is 14.8 Å². The highest BCUT2D eigenvalue weighted by atomic mass is 32.2. The maximum Gasteiger partial charge on any atom is 0.255 e. The van der Waals surface area contributed by atoms with Crippen LogP contribution in [0.3, 0.4) is 0 Å². The molecule has 27 heavy (non-hydrogen) atoms. The molecule has 6 nitrogen and oxygen atoms in total. The molecule has 1 aliphatic rings. The summed E-state index contributed by atoms with van der Waals surface area (Å²) in [6.07, 6.45) is 3.57. The van der Waals surface area contributed by atoms with Crippen LogP contribution in [-0.2, 0) is 4.79 Å². The number of carbonyl (C=O) groups excluding carboxylic acids is 2. The molecule has 7 heteroatoms. The summed E-state index contributed by atoms with van der Waals surface area (Å²) in [7, 11) is 3.48. The Hall–Kier alpha value is -2.54. The van der Waals surface area contributed by atoms with Crippen molar-refractivity contribution in [2.45, 2.75) is 4.90 Å². The number of thioether (sulfide) groups is 1. The topological polar surface area (TPSA) is 56.8 Å². The van der Waals surface area contributed by atoms with Gasteiger partial charge in [0.05, 0.1) is 11.3 Å². The van der Waals surface area contributed by atoms with E-state index in [4.69, 9.17) is 0 Å². The first kappa shape index (κ1) is 19.2. The molecule has 1 aliphatic heterocycles. The van der Waals surface area contributed by atoms with Gasteiger partial charge in [-0.15, -0.1) is 11.8 Å². The number of hydrogen-bond donors (Lipinski definition) is 0. The van der Waals surface area contributed by atoms with E-state index in [9.17, 15) is 9.59 Å². The maximum absolute atomic E-state index is 13.0. The molecule has 1 aromatic heterocycles. The Morgan fingerprint density at radius 2 is 1.70 bits per heavy atom. The van der Waals surface area contributed by atoms with Crippen molar-refractivity contribution in [3.8, 4) is 0 Å². The minimum Gasteiger partial charge on any atom is -0.368 e. The maximum atomic E-state index is 13.0. The lowest BCUT2D eigenvalue weighted by Gasteiger charge is -2.36.